The Kier molecular flexibility index (Phi) is 5.86. The molecule has 0 atom stereocenters. The molecule has 1 aliphatic heterocycles. The normalized spacial score (nSPS) is 15.6. The Bertz CT molecular complexity index is 733. The van der Waals surface area contributed by atoms with E-state index in [-0.39, 0.29) is 25.2 Å². The third-order valence-electron chi connectivity index (χ3n) is 4.14. The summed E-state index contributed by atoms with van der Waals surface area (Å²) < 4.78 is 39.0. The lowest BCUT2D eigenvalue weighted by Gasteiger charge is -2.23. The zero-order valence-electron chi connectivity index (χ0n) is 14.4. The maximum atomic E-state index is 13.0. The van der Waals surface area contributed by atoms with Gasteiger partial charge in [-0.05, 0) is 12.8 Å². The highest BCUT2D eigenvalue weighted by Gasteiger charge is 2.40. The highest BCUT2D eigenvalue weighted by Crippen LogP contribution is 2.43. The molecule has 1 aromatic carbocycles. The summed E-state index contributed by atoms with van der Waals surface area (Å²) in [6.45, 7) is 2.38. The molecule has 1 aromatic rings. The Morgan fingerprint density at radius 2 is 1.67 bits per heavy atom. The van der Waals surface area contributed by atoms with E-state index in [2.05, 4.69) is 0 Å². The fraction of sp³-hybridized carbons (Fsp3) is 0.533. The van der Waals surface area contributed by atoms with Crippen molar-refractivity contribution in [2.24, 2.45) is 0 Å². The first-order valence-corrected chi connectivity index (χ1v) is 8.13. The summed E-state index contributed by atoms with van der Waals surface area (Å²) in [6, 6.07) is 0.531. The van der Waals surface area contributed by atoms with E-state index in [1.54, 1.807) is 0 Å². The van der Waals surface area contributed by atoms with Crippen LogP contribution in [0.5, 0.6) is 0 Å². The van der Waals surface area contributed by atoms with E-state index in [0.717, 1.165) is 4.90 Å². The maximum absolute atomic E-state index is 13.0. The number of nitro benzene ring substituents is 2. The molecule has 27 heavy (non-hydrogen) atoms. The second-order valence-electron chi connectivity index (χ2n) is 6.03. The van der Waals surface area contributed by atoms with Gasteiger partial charge in [-0.25, -0.2) is 0 Å². The van der Waals surface area contributed by atoms with Gasteiger partial charge in [0.2, 0.25) is 5.91 Å². The van der Waals surface area contributed by atoms with Crippen molar-refractivity contribution >= 4 is 23.0 Å². The van der Waals surface area contributed by atoms with Crippen LogP contribution in [0.3, 0.4) is 0 Å². The minimum Gasteiger partial charge on any atom is -0.351 e. The summed E-state index contributed by atoms with van der Waals surface area (Å²) >= 11 is 0. The van der Waals surface area contributed by atoms with Crippen molar-refractivity contribution < 1.29 is 27.8 Å². The van der Waals surface area contributed by atoms with E-state index in [1.807, 2.05) is 6.92 Å². The maximum Gasteiger partial charge on any atom is 0.416 e. The van der Waals surface area contributed by atoms with Crippen LogP contribution in [0, 0.1) is 20.2 Å². The number of nitro groups is 2. The van der Waals surface area contributed by atoms with Crippen LogP contribution >= 0.6 is 0 Å². The second kappa shape index (κ2) is 7.76. The number of halogens is 3. The largest absolute Gasteiger partial charge is 0.416 e. The number of alkyl halides is 3. The third-order valence-corrected chi connectivity index (χ3v) is 4.14. The average Bonchev–Trinajstić information content (AvgIpc) is 2.75. The van der Waals surface area contributed by atoms with Crippen molar-refractivity contribution in [3.8, 4) is 0 Å². The number of rotatable bonds is 5. The summed E-state index contributed by atoms with van der Waals surface area (Å²) in [5, 5.41) is 22.7. The van der Waals surface area contributed by atoms with Crippen LogP contribution in [0.2, 0.25) is 0 Å². The smallest absolute Gasteiger partial charge is 0.351 e. The van der Waals surface area contributed by atoms with Gasteiger partial charge in [-0.15, -0.1) is 0 Å². The van der Waals surface area contributed by atoms with E-state index < -0.39 is 44.6 Å². The van der Waals surface area contributed by atoms with Gasteiger partial charge in [0.15, 0.2) is 5.69 Å². The average molecular weight is 390 g/mol. The Labute approximate surface area is 151 Å². The van der Waals surface area contributed by atoms with E-state index in [9.17, 15) is 38.2 Å². The molecule has 1 heterocycles. The highest BCUT2D eigenvalue weighted by atomic mass is 19.4. The lowest BCUT2D eigenvalue weighted by atomic mass is 10.1. The van der Waals surface area contributed by atoms with Crippen molar-refractivity contribution in [2.45, 2.75) is 25.9 Å². The summed E-state index contributed by atoms with van der Waals surface area (Å²) in [5.74, 6) is -0.391. The van der Waals surface area contributed by atoms with Crippen LogP contribution in [0.15, 0.2) is 12.1 Å². The van der Waals surface area contributed by atoms with Gasteiger partial charge >= 0.3 is 6.18 Å². The Balaban J connectivity index is 2.59. The molecule has 2 rings (SSSR count). The molecule has 1 amide bonds. The molecule has 0 N–H and O–H groups in total. The number of hydrogen-bond acceptors (Lipinski definition) is 6. The van der Waals surface area contributed by atoms with Crippen molar-refractivity contribution in [1.29, 1.82) is 0 Å². The SMILES string of the molecule is CCCN1CCCN(c2c([N+](=O)[O-])cc(C(F)(F)F)cc2[N+](=O)[O-])CC1=O. The van der Waals surface area contributed by atoms with Gasteiger partial charge < -0.3 is 9.80 Å². The number of amides is 1. The number of carbonyl (C=O) groups is 1. The molecule has 1 aliphatic rings. The van der Waals surface area contributed by atoms with E-state index in [0.29, 0.717) is 25.9 Å². The molecule has 1 fully saturated rings. The molecule has 0 saturated carbocycles. The molecule has 0 unspecified atom stereocenters. The first kappa shape index (κ1) is 20.4. The minimum absolute atomic E-state index is 0.0685. The summed E-state index contributed by atoms with van der Waals surface area (Å²) in [4.78, 5) is 35.5. The first-order chi connectivity index (χ1) is 12.6. The van der Waals surface area contributed by atoms with Crippen LogP contribution in [-0.2, 0) is 11.0 Å². The Morgan fingerprint density at radius 3 is 2.11 bits per heavy atom. The van der Waals surface area contributed by atoms with Gasteiger partial charge in [0.05, 0.1) is 22.0 Å². The van der Waals surface area contributed by atoms with Crippen molar-refractivity contribution in [3.63, 3.8) is 0 Å². The molecule has 0 bridgehead atoms. The van der Waals surface area contributed by atoms with Gasteiger partial charge in [0, 0.05) is 31.8 Å². The third kappa shape index (κ3) is 4.44. The molecule has 148 valence electrons. The predicted octanol–water partition coefficient (Wildman–Crippen LogP) is 2.97. The van der Waals surface area contributed by atoms with Gasteiger partial charge in [-0.2, -0.15) is 13.2 Å². The van der Waals surface area contributed by atoms with Crippen LogP contribution in [-0.4, -0.2) is 46.8 Å². The quantitative estimate of drug-likeness (QED) is 0.565. The molecular formula is C15H17F3N4O5. The molecule has 0 aromatic heterocycles. The first-order valence-electron chi connectivity index (χ1n) is 8.13. The van der Waals surface area contributed by atoms with Gasteiger partial charge in [0.25, 0.3) is 11.4 Å². The summed E-state index contributed by atoms with van der Waals surface area (Å²) in [5.41, 5.74) is -4.16. The van der Waals surface area contributed by atoms with Gasteiger partial charge in [-0.3, -0.25) is 25.0 Å². The number of hydrogen-bond donors (Lipinski definition) is 0. The lowest BCUT2D eigenvalue weighted by Crippen LogP contribution is -2.37. The zero-order chi connectivity index (χ0) is 20.4. The molecule has 1 saturated heterocycles. The molecular weight excluding hydrogens is 373 g/mol. The lowest BCUT2D eigenvalue weighted by molar-refractivity contribution is -0.393. The number of carbonyl (C=O) groups excluding carboxylic acids is 1. The number of nitrogens with zero attached hydrogens (tertiary/aromatic N) is 4. The Hall–Kier alpha value is -2.92. The standard InChI is InChI=1S/C15H17F3N4O5/c1-2-4-19-5-3-6-20(9-13(19)23)14-11(21(24)25)7-10(15(16,17)18)8-12(14)22(26)27/h7-8H,2-6,9H2,1H3. The van der Waals surface area contributed by atoms with E-state index >= 15 is 0 Å². The van der Waals surface area contributed by atoms with Gasteiger partial charge in [0.1, 0.15) is 0 Å². The topological polar surface area (TPSA) is 110 Å². The summed E-state index contributed by atoms with van der Waals surface area (Å²) in [6.07, 6.45) is -3.92. The van der Waals surface area contributed by atoms with Crippen molar-refractivity contribution in [2.75, 3.05) is 31.1 Å². The van der Waals surface area contributed by atoms with Gasteiger partial charge in [-0.1, -0.05) is 6.92 Å². The van der Waals surface area contributed by atoms with Crippen LogP contribution in [0.4, 0.5) is 30.2 Å². The highest BCUT2D eigenvalue weighted by molar-refractivity contribution is 5.86. The number of anilines is 1. The minimum atomic E-state index is -4.99. The molecule has 0 aliphatic carbocycles. The van der Waals surface area contributed by atoms with E-state index in [4.69, 9.17) is 0 Å². The Morgan fingerprint density at radius 1 is 1.11 bits per heavy atom. The van der Waals surface area contributed by atoms with Crippen molar-refractivity contribution in [1.82, 2.24) is 4.90 Å². The monoisotopic (exact) mass is 390 g/mol. The fourth-order valence-corrected chi connectivity index (χ4v) is 2.99. The van der Waals surface area contributed by atoms with Crippen LogP contribution in [0.1, 0.15) is 25.3 Å². The van der Waals surface area contributed by atoms with Crippen molar-refractivity contribution in [3.05, 3.63) is 37.9 Å². The molecule has 9 nitrogen and oxygen atoms in total. The predicted molar refractivity (Wildman–Crippen MR) is 88.5 cm³/mol. The molecule has 0 radical (unpaired) electrons. The fourth-order valence-electron chi connectivity index (χ4n) is 2.99. The van der Waals surface area contributed by atoms with Crippen LogP contribution in [0.25, 0.3) is 0 Å². The molecule has 12 heteroatoms. The second-order valence-corrected chi connectivity index (χ2v) is 6.03. The molecule has 0 spiro atoms. The number of benzene rings is 1. The van der Waals surface area contributed by atoms with E-state index in [1.165, 1.54) is 4.90 Å². The van der Waals surface area contributed by atoms with Crippen LogP contribution < -0.4 is 4.90 Å². The summed E-state index contributed by atoms with van der Waals surface area (Å²) in [7, 11) is 0. The zero-order valence-corrected chi connectivity index (χ0v) is 14.4.